The van der Waals surface area contributed by atoms with Crippen LogP contribution < -0.4 is 5.32 Å². The lowest BCUT2D eigenvalue weighted by Gasteiger charge is -2.07. The van der Waals surface area contributed by atoms with Gasteiger partial charge in [0, 0.05) is 17.7 Å². The number of anilines is 1. The number of hydrogen-bond donors (Lipinski definition) is 2. The van der Waals surface area contributed by atoms with Crippen molar-refractivity contribution in [3.63, 3.8) is 0 Å². The van der Waals surface area contributed by atoms with Gasteiger partial charge in [-0.25, -0.2) is 0 Å². The molecule has 0 aliphatic heterocycles. The summed E-state index contributed by atoms with van der Waals surface area (Å²) in [5, 5.41) is 11.7. The second-order valence-electron chi connectivity index (χ2n) is 5.20. The first-order chi connectivity index (χ1) is 10.2. The topological polar surface area (TPSA) is 49.3 Å². The molecule has 3 heteroatoms. The van der Waals surface area contributed by atoms with Gasteiger partial charge < -0.3 is 10.4 Å². The average Bonchev–Trinajstić information content (AvgIpc) is 2.47. The van der Waals surface area contributed by atoms with Gasteiger partial charge in [-0.2, -0.15) is 0 Å². The highest BCUT2D eigenvalue weighted by Crippen LogP contribution is 2.15. The van der Waals surface area contributed by atoms with Gasteiger partial charge in [-0.1, -0.05) is 50.5 Å². The number of carbonyl (C=O) groups excluding carboxylic acids is 1. The van der Waals surface area contributed by atoms with Crippen LogP contribution in [0.4, 0.5) is 5.69 Å². The van der Waals surface area contributed by atoms with E-state index in [4.69, 9.17) is 5.11 Å². The Morgan fingerprint density at radius 2 is 2.00 bits per heavy atom. The van der Waals surface area contributed by atoms with Gasteiger partial charge in [0.25, 0.3) is 0 Å². The van der Waals surface area contributed by atoms with E-state index in [0.717, 1.165) is 29.7 Å². The molecule has 114 valence electrons. The Bertz CT molecular complexity index is 512. The van der Waals surface area contributed by atoms with Crippen molar-refractivity contribution < 1.29 is 9.90 Å². The van der Waals surface area contributed by atoms with E-state index in [1.807, 2.05) is 25.1 Å². The molecule has 1 aromatic rings. The number of hydrogen-bond acceptors (Lipinski definition) is 2. The zero-order valence-electron chi connectivity index (χ0n) is 13.0. The number of nitrogens with one attached hydrogen (secondary N) is 1. The number of aliphatic hydroxyl groups excluding tert-OH is 1. The third kappa shape index (κ3) is 6.97. The summed E-state index contributed by atoms with van der Waals surface area (Å²) in [5.41, 5.74) is 2.64. The molecule has 0 heterocycles. The second kappa shape index (κ2) is 10.0. The number of unbranched alkanes of at least 4 members (excludes halogenated alkanes) is 4. The highest BCUT2D eigenvalue weighted by Gasteiger charge is 2.04. The normalized spacial score (nSPS) is 9.86. The van der Waals surface area contributed by atoms with Gasteiger partial charge in [0.1, 0.15) is 6.61 Å². The molecule has 0 bridgehead atoms. The van der Waals surface area contributed by atoms with Crippen molar-refractivity contribution in [2.75, 3.05) is 11.9 Å². The van der Waals surface area contributed by atoms with Crippen LogP contribution in [0.5, 0.6) is 0 Å². The van der Waals surface area contributed by atoms with Gasteiger partial charge in [-0.3, -0.25) is 4.79 Å². The molecule has 0 aromatic heterocycles. The van der Waals surface area contributed by atoms with Crippen LogP contribution in [0.2, 0.25) is 0 Å². The first-order valence-electron chi connectivity index (χ1n) is 7.67. The molecule has 1 rings (SSSR count). The van der Waals surface area contributed by atoms with Crippen molar-refractivity contribution in [2.24, 2.45) is 0 Å². The summed E-state index contributed by atoms with van der Waals surface area (Å²) in [6, 6.07) is 5.67. The second-order valence-corrected chi connectivity index (χ2v) is 5.20. The third-order valence-electron chi connectivity index (χ3n) is 3.33. The maximum absolute atomic E-state index is 11.9. The van der Waals surface area contributed by atoms with Crippen molar-refractivity contribution in [3.8, 4) is 11.8 Å². The lowest BCUT2D eigenvalue weighted by molar-refractivity contribution is -0.116. The first-order valence-corrected chi connectivity index (χ1v) is 7.67. The van der Waals surface area contributed by atoms with Crippen molar-refractivity contribution in [1.82, 2.24) is 0 Å². The van der Waals surface area contributed by atoms with Crippen molar-refractivity contribution in [2.45, 2.75) is 52.4 Å². The summed E-state index contributed by atoms with van der Waals surface area (Å²) < 4.78 is 0. The van der Waals surface area contributed by atoms with Crippen LogP contribution in [0.15, 0.2) is 18.2 Å². The molecule has 0 fully saturated rings. The van der Waals surface area contributed by atoms with Crippen molar-refractivity contribution in [3.05, 3.63) is 29.3 Å². The van der Waals surface area contributed by atoms with Gasteiger partial charge in [-0.05, 0) is 31.0 Å². The molecule has 0 aliphatic rings. The van der Waals surface area contributed by atoms with E-state index in [0.29, 0.717) is 6.42 Å². The highest BCUT2D eigenvalue weighted by atomic mass is 16.2. The molecule has 2 N–H and O–H groups in total. The Balaban J connectivity index is 2.48. The number of benzene rings is 1. The van der Waals surface area contributed by atoms with Gasteiger partial charge in [0.15, 0.2) is 0 Å². The Kier molecular flexibility index (Phi) is 8.23. The monoisotopic (exact) mass is 287 g/mol. The van der Waals surface area contributed by atoms with E-state index >= 15 is 0 Å². The minimum absolute atomic E-state index is 0.0522. The largest absolute Gasteiger partial charge is 0.384 e. The van der Waals surface area contributed by atoms with E-state index < -0.39 is 0 Å². The molecule has 0 saturated heterocycles. The summed E-state index contributed by atoms with van der Waals surface area (Å²) >= 11 is 0. The highest BCUT2D eigenvalue weighted by molar-refractivity contribution is 5.90. The summed E-state index contributed by atoms with van der Waals surface area (Å²) in [5.74, 6) is 5.58. The summed E-state index contributed by atoms with van der Waals surface area (Å²) in [6.45, 7) is 3.98. The molecule has 0 saturated carbocycles. The van der Waals surface area contributed by atoms with E-state index in [1.165, 1.54) is 19.3 Å². The standard InChI is InChI=1S/C18H25NO2/c1-3-4-5-6-7-10-18(21)19-17-12-11-15(2)16(14-17)9-8-13-20/h11-12,14,20H,3-7,10,13H2,1-2H3,(H,19,21). The van der Waals surface area contributed by atoms with E-state index in [1.54, 1.807) is 0 Å². The van der Waals surface area contributed by atoms with Crippen LogP contribution in [0.1, 0.15) is 56.6 Å². The maximum Gasteiger partial charge on any atom is 0.224 e. The third-order valence-corrected chi connectivity index (χ3v) is 3.33. The van der Waals surface area contributed by atoms with E-state index in [9.17, 15) is 4.79 Å². The number of carbonyl (C=O) groups is 1. The number of aryl methyl sites for hydroxylation is 1. The summed E-state index contributed by atoms with van der Waals surface area (Å²) in [4.78, 5) is 11.9. The fourth-order valence-electron chi connectivity index (χ4n) is 2.08. The minimum Gasteiger partial charge on any atom is -0.384 e. The van der Waals surface area contributed by atoms with Crippen LogP contribution >= 0.6 is 0 Å². The van der Waals surface area contributed by atoms with Gasteiger partial charge in [0.05, 0.1) is 0 Å². The number of rotatable bonds is 7. The SMILES string of the molecule is CCCCCCCC(=O)Nc1ccc(C)c(C#CCO)c1. The van der Waals surface area contributed by atoms with Gasteiger partial charge in [-0.15, -0.1) is 0 Å². The zero-order valence-corrected chi connectivity index (χ0v) is 13.0. The van der Waals surface area contributed by atoms with Crippen LogP contribution in [0.25, 0.3) is 0 Å². The molecule has 0 atom stereocenters. The molecule has 0 aliphatic carbocycles. The first kappa shape index (κ1) is 17.3. The lowest BCUT2D eigenvalue weighted by atomic mass is 10.1. The minimum atomic E-state index is -0.159. The fourth-order valence-corrected chi connectivity index (χ4v) is 2.08. The van der Waals surface area contributed by atoms with Crippen molar-refractivity contribution in [1.29, 1.82) is 0 Å². The van der Waals surface area contributed by atoms with Gasteiger partial charge >= 0.3 is 0 Å². The van der Waals surface area contributed by atoms with Crippen LogP contribution in [-0.4, -0.2) is 17.6 Å². The smallest absolute Gasteiger partial charge is 0.224 e. The van der Waals surface area contributed by atoms with Crippen LogP contribution in [0.3, 0.4) is 0 Å². The Morgan fingerprint density at radius 3 is 2.71 bits per heavy atom. The molecular weight excluding hydrogens is 262 g/mol. The number of aliphatic hydroxyl groups is 1. The van der Waals surface area contributed by atoms with Crippen molar-refractivity contribution >= 4 is 11.6 Å². The fraction of sp³-hybridized carbons (Fsp3) is 0.500. The molecule has 0 unspecified atom stereocenters. The van der Waals surface area contributed by atoms with Gasteiger partial charge in [0.2, 0.25) is 5.91 Å². The molecule has 21 heavy (non-hydrogen) atoms. The Labute approximate surface area is 127 Å². The quantitative estimate of drug-likeness (QED) is 0.594. The Hall–Kier alpha value is -1.79. The lowest BCUT2D eigenvalue weighted by Crippen LogP contribution is -2.11. The van der Waals surface area contributed by atoms with Crippen LogP contribution in [-0.2, 0) is 4.79 Å². The predicted molar refractivity (Wildman–Crippen MR) is 87.1 cm³/mol. The molecule has 0 spiro atoms. The van der Waals surface area contributed by atoms with E-state index in [2.05, 4.69) is 24.1 Å². The zero-order chi connectivity index (χ0) is 15.5. The number of amides is 1. The maximum atomic E-state index is 11.9. The predicted octanol–water partition coefficient (Wildman–Crippen LogP) is 3.64. The molecule has 0 radical (unpaired) electrons. The molecule has 1 aromatic carbocycles. The molecular formula is C18H25NO2. The Morgan fingerprint density at radius 1 is 1.24 bits per heavy atom. The van der Waals surface area contributed by atoms with Crippen LogP contribution in [0, 0.1) is 18.8 Å². The molecule has 1 amide bonds. The van der Waals surface area contributed by atoms with E-state index in [-0.39, 0.29) is 12.5 Å². The average molecular weight is 287 g/mol. The molecule has 3 nitrogen and oxygen atoms in total. The summed E-state index contributed by atoms with van der Waals surface area (Å²) in [6.07, 6.45) is 6.28. The summed E-state index contributed by atoms with van der Waals surface area (Å²) in [7, 11) is 0.